The molecular formula is C12H13BrClN3O. The fraction of sp³-hybridized carbons (Fsp3) is 0.250. The number of ether oxygens (including phenoxy) is 1. The molecule has 96 valence electrons. The number of nitrogens with one attached hydrogen (secondary N) is 1. The topological polar surface area (TPSA) is 39.1 Å². The first-order chi connectivity index (χ1) is 8.61. The van der Waals surface area contributed by atoms with Gasteiger partial charge in [-0.15, -0.1) is 0 Å². The molecule has 0 atom stereocenters. The quantitative estimate of drug-likeness (QED) is 0.933. The fourth-order valence-corrected chi connectivity index (χ4v) is 2.09. The highest BCUT2D eigenvalue weighted by Crippen LogP contribution is 2.28. The van der Waals surface area contributed by atoms with Gasteiger partial charge in [-0.3, -0.25) is 0 Å². The van der Waals surface area contributed by atoms with Crippen LogP contribution in [0.5, 0.6) is 5.75 Å². The molecule has 0 amide bonds. The van der Waals surface area contributed by atoms with Crippen LogP contribution in [0.1, 0.15) is 5.82 Å². The molecule has 1 heterocycles. The molecule has 0 aliphatic rings. The number of hydrogen-bond acceptors (Lipinski definition) is 3. The molecule has 0 spiro atoms. The van der Waals surface area contributed by atoms with Gasteiger partial charge in [0.25, 0.3) is 0 Å². The van der Waals surface area contributed by atoms with Gasteiger partial charge in [0.05, 0.1) is 24.3 Å². The van der Waals surface area contributed by atoms with Gasteiger partial charge in [-0.1, -0.05) is 11.6 Å². The van der Waals surface area contributed by atoms with Crippen molar-refractivity contribution >= 4 is 33.2 Å². The van der Waals surface area contributed by atoms with Gasteiger partial charge in [-0.2, -0.15) is 0 Å². The standard InChI is InChI=1S/C12H13BrClN3O/c1-17-11(14)6-16-12(17)7-15-8-3-4-9(13)10(5-8)18-2/h3-6,15H,7H2,1-2H3. The molecule has 0 aliphatic carbocycles. The van der Waals surface area contributed by atoms with Crippen LogP contribution in [0.4, 0.5) is 5.69 Å². The first-order valence-corrected chi connectivity index (χ1v) is 6.52. The van der Waals surface area contributed by atoms with Crippen molar-refractivity contribution in [3.63, 3.8) is 0 Å². The Morgan fingerprint density at radius 3 is 2.89 bits per heavy atom. The lowest BCUT2D eigenvalue weighted by Gasteiger charge is -2.09. The number of hydrogen-bond donors (Lipinski definition) is 1. The molecule has 0 aliphatic heterocycles. The van der Waals surface area contributed by atoms with Crippen molar-refractivity contribution in [3.8, 4) is 5.75 Å². The van der Waals surface area contributed by atoms with E-state index in [0.717, 1.165) is 21.7 Å². The van der Waals surface area contributed by atoms with E-state index in [9.17, 15) is 0 Å². The highest BCUT2D eigenvalue weighted by atomic mass is 79.9. The van der Waals surface area contributed by atoms with Crippen LogP contribution >= 0.6 is 27.5 Å². The van der Waals surface area contributed by atoms with Gasteiger partial charge >= 0.3 is 0 Å². The van der Waals surface area contributed by atoms with Crippen molar-refractivity contribution in [2.75, 3.05) is 12.4 Å². The van der Waals surface area contributed by atoms with Crippen LogP contribution in [0.3, 0.4) is 0 Å². The second-order valence-corrected chi connectivity index (χ2v) is 5.00. The molecule has 18 heavy (non-hydrogen) atoms. The Labute approximate surface area is 119 Å². The number of anilines is 1. The fourth-order valence-electron chi connectivity index (χ4n) is 1.54. The average Bonchev–Trinajstić information content (AvgIpc) is 2.69. The number of methoxy groups -OCH3 is 1. The summed E-state index contributed by atoms with van der Waals surface area (Å²) in [7, 11) is 3.52. The normalized spacial score (nSPS) is 10.4. The number of nitrogens with zero attached hydrogens (tertiary/aromatic N) is 2. The Morgan fingerprint density at radius 2 is 2.28 bits per heavy atom. The zero-order valence-corrected chi connectivity index (χ0v) is 12.4. The van der Waals surface area contributed by atoms with Crippen LogP contribution < -0.4 is 10.1 Å². The van der Waals surface area contributed by atoms with Gasteiger partial charge in [0, 0.05) is 18.8 Å². The molecule has 2 aromatic rings. The first-order valence-electron chi connectivity index (χ1n) is 5.35. The second kappa shape index (κ2) is 5.63. The Bertz CT molecular complexity index is 556. The van der Waals surface area contributed by atoms with Crippen molar-refractivity contribution < 1.29 is 4.74 Å². The van der Waals surface area contributed by atoms with Crippen molar-refractivity contribution in [1.82, 2.24) is 9.55 Å². The lowest BCUT2D eigenvalue weighted by Crippen LogP contribution is -2.06. The molecule has 1 aromatic carbocycles. The van der Waals surface area contributed by atoms with E-state index >= 15 is 0 Å². The molecule has 0 saturated heterocycles. The van der Waals surface area contributed by atoms with Crippen LogP contribution in [-0.2, 0) is 13.6 Å². The summed E-state index contributed by atoms with van der Waals surface area (Å²) in [5, 5.41) is 3.90. The summed E-state index contributed by atoms with van der Waals surface area (Å²) in [5.74, 6) is 1.67. The Hall–Kier alpha value is -1.20. The summed E-state index contributed by atoms with van der Waals surface area (Å²) < 4.78 is 8.00. The zero-order valence-electron chi connectivity index (χ0n) is 10.1. The minimum atomic E-state index is 0.605. The maximum Gasteiger partial charge on any atom is 0.135 e. The molecule has 1 aromatic heterocycles. The second-order valence-electron chi connectivity index (χ2n) is 3.76. The van der Waals surface area contributed by atoms with Crippen LogP contribution in [-0.4, -0.2) is 16.7 Å². The zero-order chi connectivity index (χ0) is 13.1. The minimum absolute atomic E-state index is 0.605. The average molecular weight is 331 g/mol. The van der Waals surface area contributed by atoms with Crippen molar-refractivity contribution in [3.05, 3.63) is 39.8 Å². The van der Waals surface area contributed by atoms with E-state index in [4.69, 9.17) is 16.3 Å². The summed E-state index contributed by atoms with van der Waals surface area (Å²) in [6.07, 6.45) is 1.64. The number of rotatable bonds is 4. The summed E-state index contributed by atoms with van der Waals surface area (Å²) in [5.41, 5.74) is 0.967. The molecule has 0 bridgehead atoms. The molecule has 0 unspecified atom stereocenters. The molecule has 6 heteroatoms. The summed E-state index contributed by atoms with van der Waals surface area (Å²) in [6, 6.07) is 5.83. The highest BCUT2D eigenvalue weighted by molar-refractivity contribution is 9.10. The van der Waals surface area contributed by atoms with E-state index in [1.807, 2.05) is 29.8 Å². The number of halogens is 2. The minimum Gasteiger partial charge on any atom is -0.495 e. The number of aromatic nitrogens is 2. The van der Waals surface area contributed by atoms with Crippen molar-refractivity contribution in [2.45, 2.75) is 6.54 Å². The largest absolute Gasteiger partial charge is 0.495 e. The van der Waals surface area contributed by atoms with E-state index in [0.29, 0.717) is 11.7 Å². The lowest BCUT2D eigenvalue weighted by molar-refractivity contribution is 0.412. The summed E-state index contributed by atoms with van der Waals surface area (Å²) in [6.45, 7) is 0.605. The van der Waals surface area contributed by atoms with Crippen LogP contribution in [0.2, 0.25) is 5.15 Å². The van der Waals surface area contributed by atoms with E-state index in [-0.39, 0.29) is 0 Å². The Morgan fingerprint density at radius 1 is 1.50 bits per heavy atom. The van der Waals surface area contributed by atoms with Gasteiger partial charge < -0.3 is 14.6 Å². The third-order valence-corrected chi connectivity index (χ3v) is 3.64. The molecule has 0 fully saturated rings. The SMILES string of the molecule is COc1cc(NCc2ncc(Cl)n2C)ccc1Br. The molecule has 2 rings (SSSR count). The van der Waals surface area contributed by atoms with Gasteiger partial charge in [-0.05, 0) is 28.1 Å². The predicted molar refractivity (Wildman–Crippen MR) is 76.2 cm³/mol. The van der Waals surface area contributed by atoms with Gasteiger partial charge in [-0.25, -0.2) is 4.98 Å². The summed E-state index contributed by atoms with van der Waals surface area (Å²) >= 11 is 9.34. The third-order valence-electron chi connectivity index (χ3n) is 2.63. The monoisotopic (exact) mass is 329 g/mol. The van der Waals surface area contributed by atoms with Gasteiger partial charge in [0.2, 0.25) is 0 Å². The predicted octanol–water partition coefficient (Wildman–Crippen LogP) is 3.46. The first kappa shape index (κ1) is 13.2. The molecule has 0 radical (unpaired) electrons. The van der Waals surface area contributed by atoms with Crippen LogP contribution in [0.15, 0.2) is 28.9 Å². The van der Waals surface area contributed by atoms with Crippen molar-refractivity contribution in [2.24, 2.45) is 7.05 Å². The third kappa shape index (κ3) is 2.79. The highest BCUT2D eigenvalue weighted by Gasteiger charge is 2.05. The smallest absolute Gasteiger partial charge is 0.135 e. The van der Waals surface area contributed by atoms with Gasteiger partial charge in [0.15, 0.2) is 0 Å². The van der Waals surface area contributed by atoms with E-state index in [1.54, 1.807) is 13.3 Å². The summed E-state index contributed by atoms with van der Waals surface area (Å²) in [4.78, 5) is 4.22. The lowest BCUT2D eigenvalue weighted by atomic mass is 10.3. The molecule has 0 saturated carbocycles. The van der Waals surface area contributed by atoms with E-state index in [2.05, 4.69) is 26.2 Å². The molecule has 1 N–H and O–H groups in total. The maximum atomic E-state index is 5.93. The van der Waals surface area contributed by atoms with Crippen LogP contribution in [0.25, 0.3) is 0 Å². The Kier molecular flexibility index (Phi) is 4.14. The van der Waals surface area contributed by atoms with Crippen LogP contribution in [0, 0.1) is 0 Å². The number of benzene rings is 1. The molecule has 4 nitrogen and oxygen atoms in total. The van der Waals surface area contributed by atoms with E-state index < -0.39 is 0 Å². The number of imidazole rings is 1. The van der Waals surface area contributed by atoms with Gasteiger partial charge in [0.1, 0.15) is 16.7 Å². The Balaban J connectivity index is 2.08. The van der Waals surface area contributed by atoms with E-state index in [1.165, 1.54) is 0 Å². The van der Waals surface area contributed by atoms with Crippen molar-refractivity contribution in [1.29, 1.82) is 0 Å². The molecular weight excluding hydrogens is 318 g/mol. The maximum absolute atomic E-state index is 5.93.